The number of sulfonamides is 1. The lowest BCUT2D eigenvalue weighted by molar-refractivity contribution is -0.125. The highest BCUT2D eigenvalue weighted by molar-refractivity contribution is 7.98. The van der Waals surface area contributed by atoms with E-state index >= 15 is 0 Å². The molecule has 0 unspecified atom stereocenters. The van der Waals surface area contributed by atoms with Crippen molar-refractivity contribution in [1.29, 1.82) is 0 Å². The number of piperidine rings is 1. The second-order valence-electron chi connectivity index (χ2n) is 7.59. The van der Waals surface area contributed by atoms with Crippen molar-refractivity contribution in [2.24, 2.45) is 5.92 Å². The number of benzene rings is 2. The third-order valence-electron chi connectivity index (χ3n) is 5.38. The molecule has 0 atom stereocenters. The van der Waals surface area contributed by atoms with E-state index in [1.165, 1.54) is 41.1 Å². The van der Waals surface area contributed by atoms with Crippen LogP contribution >= 0.6 is 11.8 Å². The normalized spacial score (nSPS) is 15.5. The summed E-state index contributed by atoms with van der Waals surface area (Å²) in [5.74, 6) is 1.49. The zero-order chi connectivity index (χ0) is 22.3. The molecule has 2 aromatic carbocycles. The van der Waals surface area contributed by atoms with E-state index in [1.807, 2.05) is 18.2 Å². The number of hydrogen-bond donors (Lipinski definition) is 1. The number of Topliss-reactive ketones (excluding diaryl/α,β-unsaturated/α-hetero) is 1. The van der Waals surface area contributed by atoms with Gasteiger partial charge in [0, 0.05) is 42.6 Å². The Bertz CT molecular complexity index is 984. The van der Waals surface area contributed by atoms with Crippen LogP contribution in [0.1, 0.15) is 35.7 Å². The van der Waals surface area contributed by atoms with Crippen LogP contribution in [0.15, 0.2) is 59.5 Å². The van der Waals surface area contributed by atoms with Crippen molar-refractivity contribution in [3.05, 3.63) is 65.7 Å². The van der Waals surface area contributed by atoms with E-state index in [0.29, 0.717) is 38.0 Å². The van der Waals surface area contributed by atoms with E-state index in [9.17, 15) is 18.0 Å². The van der Waals surface area contributed by atoms with Crippen LogP contribution in [-0.4, -0.2) is 49.8 Å². The summed E-state index contributed by atoms with van der Waals surface area (Å²) in [5, 5.41) is 2.98. The molecule has 1 saturated heterocycles. The van der Waals surface area contributed by atoms with Gasteiger partial charge in [-0.2, -0.15) is 16.1 Å². The molecular formula is C23H28N2O4S2. The summed E-state index contributed by atoms with van der Waals surface area (Å²) in [7, 11) is -3.62. The molecule has 166 valence electrons. The number of nitrogens with one attached hydrogen (secondary N) is 1. The number of thioether (sulfide) groups is 1. The third kappa shape index (κ3) is 6.41. The Kier molecular flexibility index (Phi) is 8.28. The summed E-state index contributed by atoms with van der Waals surface area (Å²) in [6, 6.07) is 16.2. The van der Waals surface area contributed by atoms with E-state index in [2.05, 4.69) is 17.4 Å². The Morgan fingerprint density at radius 1 is 1.03 bits per heavy atom. The molecule has 0 saturated carbocycles. The third-order valence-corrected chi connectivity index (χ3v) is 8.32. The Balaban J connectivity index is 1.42. The van der Waals surface area contributed by atoms with Crippen molar-refractivity contribution >= 4 is 33.5 Å². The lowest BCUT2D eigenvalue weighted by Gasteiger charge is -2.30. The molecule has 0 radical (unpaired) electrons. The van der Waals surface area contributed by atoms with Crippen LogP contribution < -0.4 is 5.32 Å². The topological polar surface area (TPSA) is 83.6 Å². The Morgan fingerprint density at radius 3 is 2.29 bits per heavy atom. The monoisotopic (exact) mass is 460 g/mol. The number of hydrogen-bond acceptors (Lipinski definition) is 5. The first-order valence-corrected chi connectivity index (χ1v) is 13.0. The summed E-state index contributed by atoms with van der Waals surface area (Å²) in [4.78, 5) is 24.0. The maximum atomic E-state index is 12.8. The van der Waals surface area contributed by atoms with Gasteiger partial charge in [-0.25, -0.2) is 8.42 Å². The van der Waals surface area contributed by atoms with Crippen LogP contribution in [-0.2, 0) is 20.6 Å². The summed E-state index contributed by atoms with van der Waals surface area (Å²) in [5.41, 5.74) is 1.75. The van der Waals surface area contributed by atoms with Crippen LogP contribution in [0.2, 0.25) is 0 Å². The van der Waals surface area contributed by atoms with Crippen molar-refractivity contribution in [3.63, 3.8) is 0 Å². The van der Waals surface area contributed by atoms with Crippen molar-refractivity contribution in [2.75, 3.05) is 25.4 Å². The van der Waals surface area contributed by atoms with Crippen molar-refractivity contribution in [2.45, 2.75) is 30.4 Å². The van der Waals surface area contributed by atoms with Crippen molar-refractivity contribution < 1.29 is 18.0 Å². The average Bonchev–Trinajstić information content (AvgIpc) is 2.79. The average molecular weight is 461 g/mol. The van der Waals surface area contributed by atoms with Gasteiger partial charge in [0.15, 0.2) is 5.78 Å². The number of amides is 1. The highest BCUT2D eigenvalue weighted by atomic mass is 32.2. The standard InChI is InChI=1S/C23H28N2O4S2/c1-18(26)20-7-9-22(10-8-20)31(28,29)25-14-11-21(12-15-25)23(27)24-13-16-30-17-19-5-3-2-4-6-19/h2-10,21H,11-17H2,1H3,(H,24,27). The summed E-state index contributed by atoms with van der Waals surface area (Å²) in [6.07, 6.45) is 1.02. The van der Waals surface area contributed by atoms with E-state index in [4.69, 9.17) is 0 Å². The molecule has 31 heavy (non-hydrogen) atoms. The van der Waals surface area contributed by atoms with Gasteiger partial charge in [-0.15, -0.1) is 0 Å². The molecule has 0 bridgehead atoms. The van der Waals surface area contributed by atoms with Crippen LogP contribution in [0.25, 0.3) is 0 Å². The maximum absolute atomic E-state index is 12.8. The van der Waals surface area contributed by atoms with Crippen molar-refractivity contribution in [3.8, 4) is 0 Å². The SMILES string of the molecule is CC(=O)c1ccc(S(=O)(=O)N2CCC(C(=O)NCCSCc3ccccc3)CC2)cc1. The fraction of sp³-hybridized carbons (Fsp3) is 0.391. The van der Waals surface area contributed by atoms with Crippen LogP contribution in [0.3, 0.4) is 0 Å². The first kappa shape index (κ1) is 23.5. The maximum Gasteiger partial charge on any atom is 0.243 e. The van der Waals surface area contributed by atoms with E-state index in [0.717, 1.165) is 11.5 Å². The molecule has 1 aliphatic heterocycles. The number of carbonyl (C=O) groups is 2. The predicted molar refractivity (Wildman–Crippen MR) is 124 cm³/mol. The van der Waals surface area contributed by atoms with Gasteiger partial charge in [-0.1, -0.05) is 42.5 Å². The smallest absolute Gasteiger partial charge is 0.243 e. The lowest BCUT2D eigenvalue weighted by Crippen LogP contribution is -2.43. The van der Waals surface area contributed by atoms with Gasteiger partial charge in [-0.3, -0.25) is 9.59 Å². The molecule has 1 fully saturated rings. The molecule has 3 rings (SSSR count). The molecular weight excluding hydrogens is 432 g/mol. The van der Waals surface area contributed by atoms with Gasteiger partial charge in [0.1, 0.15) is 0 Å². The highest BCUT2D eigenvalue weighted by Gasteiger charge is 2.32. The molecule has 8 heteroatoms. The lowest BCUT2D eigenvalue weighted by atomic mass is 9.97. The second kappa shape index (κ2) is 10.9. The van der Waals surface area contributed by atoms with Crippen LogP contribution in [0.5, 0.6) is 0 Å². The number of rotatable bonds is 9. The number of carbonyl (C=O) groups excluding carboxylic acids is 2. The minimum Gasteiger partial charge on any atom is -0.355 e. The van der Waals surface area contributed by atoms with Gasteiger partial charge in [0.25, 0.3) is 0 Å². The number of ketones is 1. The Hall–Kier alpha value is -2.16. The van der Waals surface area contributed by atoms with Gasteiger partial charge in [0.05, 0.1) is 4.90 Å². The van der Waals surface area contributed by atoms with Crippen LogP contribution in [0, 0.1) is 5.92 Å². The zero-order valence-electron chi connectivity index (χ0n) is 17.6. The minimum absolute atomic E-state index is 0.00294. The predicted octanol–water partition coefficient (Wildman–Crippen LogP) is 3.34. The Morgan fingerprint density at radius 2 is 1.68 bits per heavy atom. The first-order valence-electron chi connectivity index (χ1n) is 10.4. The molecule has 1 aliphatic rings. The molecule has 0 aliphatic carbocycles. The second-order valence-corrected chi connectivity index (χ2v) is 10.6. The molecule has 0 spiro atoms. The molecule has 6 nitrogen and oxygen atoms in total. The Labute approximate surface area is 188 Å². The van der Waals surface area contributed by atoms with Gasteiger partial charge in [-0.05, 0) is 37.5 Å². The summed E-state index contributed by atoms with van der Waals surface area (Å²) in [6.45, 7) is 2.69. The van der Waals surface area contributed by atoms with E-state index < -0.39 is 10.0 Å². The highest BCUT2D eigenvalue weighted by Crippen LogP contribution is 2.24. The van der Waals surface area contributed by atoms with Gasteiger partial charge >= 0.3 is 0 Å². The fourth-order valence-corrected chi connectivity index (χ4v) is 5.81. The van der Waals surface area contributed by atoms with Gasteiger partial charge < -0.3 is 5.32 Å². The fourth-order valence-electron chi connectivity index (χ4n) is 3.52. The first-order chi connectivity index (χ1) is 14.9. The van der Waals surface area contributed by atoms with E-state index in [-0.39, 0.29) is 22.5 Å². The largest absolute Gasteiger partial charge is 0.355 e. The summed E-state index contributed by atoms with van der Waals surface area (Å²) < 4.78 is 27.1. The molecule has 1 N–H and O–H groups in total. The number of nitrogens with zero attached hydrogens (tertiary/aromatic N) is 1. The summed E-state index contributed by atoms with van der Waals surface area (Å²) >= 11 is 1.78. The zero-order valence-corrected chi connectivity index (χ0v) is 19.3. The molecule has 2 aromatic rings. The molecule has 1 heterocycles. The minimum atomic E-state index is -3.62. The molecule has 0 aromatic heterocycles. The van der Waals surface area contributed by atoms with Crippen molar-refractivity contribution in [1.82, 2.24) is 9.62 Å². The van der Waals surface area contributed by atoms with Gasteiger partial charge in [0.2, 0.25) is 15.9 Å². The van der Waals surface area contributed by atoms with Crippen LogP contribution in [0.4, 0.5) is 0 Å². The quantitative estimate of drug-likeness (QED) is 0.458. The van der Waals surface area contributed by atoms with E-state index in [1.54, 1.807) is 11.8 Å². The molecule has 1 amide bonds.